The van der Waals surface area contributed by atoms with Gasteiger partial charge in [-0.1, -0.05) is 18.7 Å². The number of nitrogens with one attached hydrogen (secondary N) is 1. The van der Waals surface area contributed by atoms with Crippen LogP contribution in [0.5, 0.6) is 0 Å². The van der Waals surface area contributed by atoms with E-state index in [0.29, 0.717) is 11.1 Å². The maximum atomic E-state index is 11.8. The van der Waals surface area contributed by atoms with Crippen molar-refractivity contribution in [3.05, 3.63) is 64.1 Å². The Labute approximate surface area is 111 Å². The van der Waals surface area contributed by atoms with Gasteiger partial charge in [0.1, 0.15) is 0 Å². The van der Waals surface area contributed by atoms with E-state index in [9.17, 15) is 4.79 Å². The van der Waals surface area contributed by atoms with E-state index in [-0.39, 0.29) is 5.56 Å². The van der Waals surface area contributed by atoms with Crippen LogP contribution in [0.1, 0.15) is 23.7 Å². The molecule has 0 aliphatic heterocycles. The second-order valence-electron chi connectivity index (χ2n) is 4.52. The number of aromatic nitrogens is 1. The largest absolute Gasteiger partial charge is 0.325 e. The minimum Gasteiger partial charge on any atom is -0.325 e. The molecular formula is C16H14N2O. The van der Waals surface area contributed by atoms with E-state index >= 15 is 0 Å². The van der Waals surface area contributed by atoms with Crippen LogP contribution in [0.15, 0.2) is 41.7 Å². The molecule has 1 N–H and O–H groups in total. The van der Waals surface area contributed by atoms with E-state index < -0.39 is 0 Å². The molecule has 0 spiro atoms. The number of aromatic amines is 1. The molecule has 2 rings (SSSR count). The van der Waals surface area contributed by atoms with Crippen molar-refractivity contribution >= 4 is 5.57 Å². The lowest BCUT2D eigenvalue weighted by molar-refractivity contribution is 1.13. The van der Waals surface area contributed by atoms with Crippen LogP contribution in [0, 0.1) is 18.3 Å². The average molecular weight is 250 g/mol. The second kappa shape index (κ2) is 4.95. The maximum absolute atomic E-state index is 11.8. The van der Waals surface area contributed by atoms with Crippen molar-refractivity contribution in [2.24, 2.45) is 0 Å². The van der Waals surface area contributed by atoms with Gasteiger partial charge in [-0.25, -0.2) is 0 Å². The first kappa shape index (κ1) is 12.8. The molecule has 1 heterocycles. The average Bonchev–Trinajstić information content (AvgIpc) is 2.38. The number of allylic oxidation sites excluding steroid dienone is 1. The van der Waals surface area contributed by atoms with Gasteiger partial charge in [0.2, 0.25) is 0 Å². The molecule has 3 heteroatoms. The van der Waals surface area contributed by atoms with Crippen LogP contribution in [-0.2, 0) is 0 Å². The Morgan fingerprint density at radius 3 is 2.74 bits per heavy atom. The van der Waals surface area contributed by atoms with Crippen molar-refractivity contribution in [3.8, 4) is 17.2 Å². The Bertz CT molecular complexity index is 748. The summed E-state index contributed by atoms with van der Waals surface area (Å²) in [6.07, 6.45) is 0. The Morgan fingerprint density at radius 1 is 1.37 bits per heavy atom. The highest BCUT2D eigenvalue weighted by atomic mass is 16.1. The Kier molecular flexibility index (Phi) is 3.35. The van der Waals surface area contributed by atoms with Crippen LogP contribution in [-0.4, -0.2) is 4.98 Å². The fraction of sp³-hybridized carbons (Fsp3) is 0.125. The molecule has 3 nitrogen and oxygen atoms in total. The summed E-state index contributed by atoms with van der Waals surface area (Å²) in [5.41, 5.74) is 4.36. The van der Waals surface area contributed by atoms with Gasteiger partial charge < -0.3 is 4.98 Å². The van der Waals surface area contributed by atoms with Gasteiger partial charge in [0.05, 0.1) is 11.6 Å². The smallest absolute Gasteiger partial charge is 0.255 e. The predicted octanol–water partition coefficient (Wildman–Crippen LogP) is 3.26. The zero-order valence-corrected chi connectivity index (χ0v) is 10.9. The number of H-pyrrole nitrogens is 1. The van der Waals surface area contributed by atoms with Crippen LogP contribution in [0.25, 0.3) is 16.7 Å². The van der Waals surface area contributed by atoms with E-state index in [0.717, 1.165) is 22.4 Å². The monoisotopic (exact) mass is 250 g/mol. The standard InChI is InChI=1S/C16H14N2O/c1-10(2)14-8-15(11(3)18-16(14)19)13-6-4-5-12(7-13)9-17/h4-8H,1H2,2-3H3,(H,18,19). The van der Waals surface area contributed by atoms with Crippen molar-refractivity contribution in [1.82, 2.24) is 4.98 Å². The second-order valence-corrected chi connectivity index (χ2v) is 4.52. The summed E-state index contributed by atoms with van der Waals surface area (Å²) in [4.78, 5) is 14.6. The number of rotatable bonds is 2. The normalized spacial score (nSPS) is 9.95. The summed E-state index contributed by atoms with van der Waals surface area (Å²) in [5, 5.41) is 8.94. The van der Waals surface area contributed by atoms with Gasteiger partial charge in [0.25, 0.3) is 5.56 Å². The number of hydrogen-bond donors (Lipinski definition) is 1. The van der Waals surface area contributed by atoms with Crippen molar-refractivity contribution in [1.29, 1.82) is 5.26 Å². The summed E-state index contributed by atoms with van der Waals surface area (Å²) < 4.78 is 0. The minimum atomic E-state index is -0.134. The molecule has 0 aliphatic rings. The number of nitriles is 1. The highest BCUT2D eigenvalue weighted by Crippen LogP contribution is 2.24. The van der Waals surface area contributed by atoms with Gasteiger partial charge in [-0.3, -0.25) is 4.79 Å². The number of benzene rings is 1. The van der Waals surface area contributed by atoms with Crippen molar-refractivity contribution in [2.75, 3.05) is 0 Å². The molecule has 0 saturated heterocycles. The van der Waals surface area contributed by atoms with Gasteiger partial charge >= 0.3 is 0 Å². The third-order valence-electron chi connectivity index (χ3n) is 3.00. The van der Waals surface area contributed by atoms with Crippen molar-refractivity contribution in [3.63, 3.8) is 0 Å². The molecule has 0 fully saturated rings. The highest BCUT2D eigenvalue weighted by molar-refractivity contribution is 5.72. The Balaban J connectivity index is 2.68. The van der Waals surface area contributed by atoms with E-state index in [4.69, 9.17) is 5.26 Å². The van der Waals surface area contributed by atoms with Crippen molar-refractivity contribution in [2.45, 2.75) is 13.8 Å². The molecule has 1 aromatic carbocycles. The fourth-order valence-electron chi connectivity index (χ4n) is 2.00. The molecule has 0 aliphatic carbocycles. The summed E-state index contributed by atoms with van der Waals surface area (Å²) in [5.74, 6) is 0. The van der Waals surface area contributed by atoms with Crippen LogP contribution in [0.3, 0.4) is 0 Å². The number of nitrogens with zero attached hydrogens (tertiary/aromatic N) is 1. The molecule has 0 unspecified atom stereocenters. The highest BCUT2D eigenvalue weighted by Gasteiger charge is 2.08. The molecule has 19 heavy (non-hydrogen) atoms. The van der Waals surface area contributed by atoms with Gasteiger partial charge in [-0.05, 0) is 43.2 Å². The molecule has 0 radical (unpaired) electrons. The lowest BCUT2D eigenvalue weighted by Gasteiger charge is -2.09. The van der Waals surface area contributed by atoms with Gasteiger partial charge in [0, 0.05) is 16.8 Å². The van der Waals surface area contributed by atoms with Crippen molar-refractivity contribution < 1.29 is 0 Å². The van der Waals surface area contributed by atoms with E-state index in [2.05, 4.69) is 17.6 Å². The summed E-state index contributed by atoms with van der Waals surface area (Å²) in [6, 6.07) is 11.3. The van der Waals surface area contributed by atoms with Crippen LogP contribution >= 0.6 is 0 Å². The quantitative estimate of drug-likeness (QED) is 0.889. The maximum Gasteiger partial charge on any atom is 0.255 e. The number of pyridine rings is 1. The van der Waals surface area contributed by atoms with E-state index in [1.807, 2.05) is 31.2 Å². The predicted molar refractivity (Wildman–Crippen MR) is 76.7 cm³/mol. The lowest BCUT2D eigenvalue weighted by atomic mass is 9.99. The third kappa shape index (κ3) is 2.48. The molecule has 0 amide bonds. The number of aryl methyl sites for hydroxylation is 1. The summed E-state index contributed by atoms with van der Waals surface area (Å²) in [7, 11) is 0. The lowest BCUT2D eigenvalue weighted by Crippen LogP contribution is -2.13. The third-order valence-corrected chi connectivity index (χ3v) is 3.00. The Morgan fingerprint density at radius 2 is 2.11 bits per heavy atom. The zero-order valence-electron chi connectivity index (χ0n) is 10.9. The molecular weight excluding hydrogens is 236 g/mol. The SMILES string of the molecule is C=C(C)c1cc(-c2cccc(C#N)c2)c(C)[nH]c1=O. The molecule has 0 saturated carbocycles. The number of hydrogen-bond acceptors (Lipinski definition) is 2. The molecule has 94 valence electrons. The van der Waals surface area contributed by atoms with E-state index in [1.165, 1.54) is 0 Å². The fourth-order valence-corrected chi connectivity index (χ4v) is 2.00. The summed E-state index contributed by atoms with van der Waals surface area (Å²) >= 11 is 0. The minimum absolute atomic E-state index is 0.134. The first-order chi connectivity index (χ1) is 9.02. The zero-order chi connectivity index (χ0) is 14.0. The van der Waals surface area contributed by atoms with Gasteiger partial charge in [-0.2, -0.15) is 5.26 Å². The van der Waals surface area contributed by atoms with Crippen LogP contribution in [0.4, 0.5) is 0 Å². The van der Waals surface area contributed by atoms with Gasteiger partial charge in [-0.15, -0.1) is 0 Å². The van der Waals surface area contributed by atoms with Crippen LogP contribution in [0.2, 0.25) is 0 Å². The van der Waals surface area contributed by atoms with Crippen LogP contribution < -0.4 is 5.56 Å². The molecule has 0 atom stereocenters. The summed E-state index contributed by atoms with van der Waals surface area (Å²) in [6.45, 7) is 7.46. The Hall–Kier alpha value is -2.60. The van der Waals surface area contributed by atoms with Gasteiger partial charge in [0.15, 0.2) is 0 Å². The molecule has 0 bridgehead atoms. The topological polar surface area (TPSA) is 56.6 Å². The van der Waals surface area contributed by atoms with E-state index in [1.54, 1.807) is 13.0 Å². The molecule has 1 aromatic heterocycles. The molecule has 2 aromatic rings. The first-order valence-electron chi connectivity index (χ1n) is 5.93. The first-order valence-corrected chi connectivity index (χ1v) is 5.93.